The van der Waals surface area contributed by atoms with E-state index in [4.69, 9.17) is 9.47 Å². The van der Waals surface area contributed by atoms with E-state index < -0.39 is 11.9 Å². The third-order valence-electron chi connectivity index (χ3n) is 3.36. The van der Waals surface area contributed by atoms with Crippen LogP contribution in [0.15, 0.2) is 12.2 Å². The van der Waals surface area contributed by atoms with Gasteiger partial charge in [-0.25, -0.2) is 9.59 Å². The summed E-state index contributed by atoms with van der Waals surface area (Å²) in [5.74, 6) is -0.972. The van der Waals surface area contributed by atoms with Crippen LogP contribution in [0, 0.1) is 0 Å². The van der Waals surface area contributed by atoms with Gasteiger partial charge in [-0.3, -0.25) is 0 Å². The first kappa shape index (κ1) is 20.7. The second-order valence-corrected chi connectivity index (χ2v) is 5.66. The quantitative estimate of drug-likeness (QED) is 0.284. The minimum absolute atomic E-state index is 0.120. The van der Waals surface area contributed by atoms with Crippen LogP contribution in [0.4, 0.5) is 0 Å². The maximum atomic E-state index is 11.4. The molecule has 0 amide bonds. The van der Waals surface area contributed by atoms with Crippen molar-refractivity contribution in [2.24, 2.45) is 0 Å². The van der Waals surface area contributed by atoms with Crippen molar-refractivity contribution in [3.63, 3.8) is 0 Å². The second-order valence-electron chi connectivity index (χ2n) is 5.66. The van der Waals surface area contributed by atoms with Gasteiger partial charge in [0, 0.05) is 12.2 Å². The predicted molar refractivity (Wildman–Crippen MR) is 88.6 cm³/mol. The van der Waals surface area contributed by atoms with Gasteiger partial charge in [0.1, 0.15) is 0 Å². The molecule has 4 nitrogen and oxygen atoms in total. The fourth-order valence-electron chi connectivity index (χ4n) is 2.12. The monoisotopic (exact) mass is 312 g/mol. The smallest absolute Gasteiger partial charge is 0.331 e. The van der Waals surface area contributed by atoms with Gasteiger partial charge in [0.15, 0.2) is 0 Å². The van der Waals surface area contributed by atoms with Crippen LogP contribution in [0.2, 0.25) is 0 Å². The molecule has 128 valence electrons. The highest BCUT2D eigenvalue weighted by Gasteiger charge is 2.06. The van der Waals surface area contributed by atoms with Crippen LogP contribution < -0.4 is 0 Å². The predicted octanol–water partition coefficient (Wildman–Crippen LogP) is 4.57. The first-order valence-electron chi connectivity index (χ1n) is 8.65. The van der Waals surface area contributed by atoms with Gasteiger partial charge in [-0.05, 0) is 19.8 Å². The lowest BCUT2D eigenvalue weighted by molar-refractivity contribution is -0.143. The molecule has 0 fully saturated rings. The number of hydrogen-bond donors (Lipinski definition) is 0. The zero-order valence-electron chi connectivity index (χ0n) is 14.4. The maximum absolute atomic E-state index is 11.4. The van der Waals surface area contributed by atoms with Crippen molar-refractivity contribution in [3.8, 4) is 0 Å². The first-order chi connectivity index (χ1) is 10.6. The maximum Gasteiger partial charge on any atom is 0.331 e. The number of hydrogen-bond acceptors (Lipinski definition) is 4. The highest BCUT2D eigenvalue weighted by Crippen LogP contribution is 2.07. The molecule has 0 aliphatic rings. The van der Waals surface area contributed by atoms with Crippen LogP contribution in [0.5, 0.6) is 0 Å². The van der Waals surface area contributed by atoms with E-state index in [0.29, 0.717) is 6.61 Å². The first-order valence-corrected chi connectivity index (χ1v) is 8.65. The lowest BCUT2D eigenvalue weighted by Crippen LogP contribution is -2.13. The topological polar surface area (TPSA) is 52.6 Å². The number of rotatable bonds is 13. The normalized spacial score (nSPS) is 12.3. The van der Waals surface area contributed by atoms with Crippen molar-refractivity contribution in [1.82, 2.24) is 0 Å². The van der Waals surface area contributed by atoms with Gasteiger partial charge in [-0.2, -0.15) is 0 Å². The van der Waals surface area contributed by atoms with Crippen LogP contribution in [-0.4, -0.2) is 24.6 Å². The summed E-state index contributed by atoms with van der Waals surface area (Å²) in [7, 11) is 0. The van der Waals surface area contributed by atoms with Gasteiger partial charge in [0.05, 0.1) is 12.7 Å². The molecule has 0 aliphatic carbocycles. The second kappa shape index (κ2) is 14.6. The Bertz CT molecular complexity index is 323. The highest BCUT2D eigenvalue weighted by molar-refractivity contribution is 5.91. The molecule has 0 rings (SSSR count). The summed E-state index contributed by atoms with van der Waals surface area (Å²) >= 11 is 0. The molecule has 0 heterocycles. The van der Waals surface area contributed by atoms with Crippen LogP contribution in [0.1, 0.15) is 78.6 Å². The van der Waals surface area contributed by atoms with Crippen molar-refractivity contribution >= 4 is 11.9 Å². The number of ether oxygens (including phenoxy) is 2. The van der Waals surface area contributed by atoms with Gasteiger partial charge in [0.2, 0.25) is 0 Å². The molecule has 0 aromatic rings. The molecule has 0 bridgehead atoms. The number of unbranched alkanes of at least 4 members (excludes halogenated alkanes) is 6. The Morgan fingerprint density at radius 3 is 2.09 bits per heavy atom. The molecule has 0 radical (unpaired) electrons. The van der Waals surface area contributed by atoms with E-state index in [2.05, 4.69) is 6.92 Å². The highest BCUT2D eigenvalue weighted by atomic mass is 16.5. The van der Waals surface area contributed by atoms with Crippen molar-refractivity contribution in [1.29, 1.82) is 0 Å². The van der Waals surface area contributed by atoms with Crippen molar-refractivity contribution in [3.05, 3.63) is 12.2 Å². The van der Waals surface area contributed by atoms with E-state index in [1.165, 1.54) is 32.1 Å². The molecule has 0 saturated heterocycles. The third kappa shape index (κ3) is 13.7. The molecule has 4 heteroatoms. The Morgan fingerprint density at radius 2 is 1.45 bits per heavy atom. The Balaban J connectivity index is 3.59. The standard InChI is InChI=1S/C18H32O4/c1-4-6-7-8-9-10-11-15-21-17(19)13-14-18(20)22-16(3)12-5-2/h13-14,16H,4-12,15H2,1-3H3/b14-13+. The zero-order chi connectivity index (χ0) is 16.6. The summed E-state index contributed by atoms with van der Waals surface area (Å²) in [6, 6.07) is 0. The average molecular weight is 312 g/mol. The van der Waals surface area contributed by atoms with Gasteiger partial charge in [-0.1, -0.05) is 58.8 Å². The average Bonchev–Trinajstić information content (AvgIpc) is 2.48. The van der Waals surface area contributed by atoms with Gasteiger partial charge in [-0.15, -0.1) is 0 Å². The molecule has 0 saturated carbocycles. The van der Waals surface area contributed by atoms with E-state index in [1.807, 2.05) is 13.8 Å². The summed E-state index contributed by atoms with van der Waals surface area (Å²) in [5, 5.41) is 0. The van der Waals surface area contributed by atoms with E-state index in [1.54, 1.807) is 0 Å². The molecule has 0 aromatic heterocycles. The van der Waals surface area contributed by atoms with E-state index in [-0.39, 0.29) is 6.10 Å². The Kier molecular flexibility index (Phi) is 13.7. The van der Waals surface area contributed by atoms with Crippen molar-refractivity contribution < 1.29 is 19.1 Å². The lowest BCUT2D eigenvalue weighted by Gasteiger charge is -2.09. The van der Waals surface area contributed by atoms with Crippen LogP contribution in [0.3, 0.4) is 0 Å². The SMILES string of the molecule is CCCCCCCCCOC(=O)/C=C/C(=O)OC(C)CCC. The number of esters is 2. The Morgan fingerprint density at radius 1 is 0.864 bits per heavy atom. The minimum Gasteiger partial charge on any atom is -0.463 e. The minimum atomic E-state index is -0.492. The Labute approximate surface area is 135 Å². The van der Waals surface area contributed by atoms with Crippen LogP contribution in [-0.2, 0) is 19.1 Å². The zero-order valence-corrected chi connectivity index (χ0v) is 14.4. The van der Waals surface area contributed by atoms with E-state index in [0.717, 1.165) is 37.8 Å². The largest absolute Gasteiger partial charge is 0.463 e. The van der Waals surface area contributed by atoms with E-state index >= 15 is 0 Å². The third-order valence-corrected chi connectivity index (χ3v) is 3.36. The number of carbonyl (C=O) groups excluding carboxylic acids is 2. The molecular formula is C18H32O4. The molecule has 0 aromatic carbocycles. The molecule has 0 spiro atoms. The van der Waals surface area contributed by atoms with Crippen LogP contribution in [0.25, 0.3) is 0 Å². The van der Waals surface area contributed by atoms with Crippen molar-refractivity contribution in [2.45, 2.75) is 84.7 Å². The molecule has 1 unspecified atom stereocenters. The fourth-order valence-corrected chi connectivity index (χ4v) is 2.12. The molecule has 0 N–H and O–H groups in total. The lowest BCUT2D eigenvalue weighted by atomic mass is 10.1. The summed E-state index contributed by atoms with van der Waals surface area (Å²) < 4.78 is 10.1. The van der Waals surface area contributed by atoms with E-state index in [9.17, 15) is 9.59 Å². The van der Waals surface area contributed by atoms with Gasteiger partial charge < -0.3 is 9.47 Å². The summed E-state index contributed by atoms with van der Waals surface area (Å²) in [6.07, 6.45) is 12.2. The summed E-state index contributed by atoms with van der Waals surface area (Å²) in [5.41, 5.74) is 0. The Hall–Kier alpha value is -1.32. The summed E-state index contributed by atoms with van der Waals surface area (Å²) in [4.78, 5) is 22.8. The van der Waals surface area contributed by atoms with Crippen LogP contribution >= 0.6 is 0 Å². The fraction of sp³-hybridized carbons (Fsp3) is 0.778. The van der Waals surface area contributed by atoms with Crippen molar-refractivity contribution in [2.75, 3.05) is 6.61 Å². The number of carbonyl (C=O) groups is 2. The summed E-state index contributed by atoms with van der Waals surface area (Å²) in [6.45, 7) is 6.49. The molecule has 0 aliphatic heterocycles. The molecule has 22 heavy (non-hydrogen) atoms. The molecular weight excluding hydrogens is 280 g/mol. The van der Waals surface area contributed by atoms with Gasteiger partial charge >= 0.3 is 11.9 Å². The molecule has 1 atom stereocenters. The van der Waals surface area contributed by atoms with Gasteiger partial charge in [0.25, 0.3) is 0 Å².